The molecule has 0 aromatic heterocycles. The number of nitrogens with zero attached hydrogens (tertiary/aromatic N) is 2. The fourth-order valence-corrected chi connectivity index (χ4v) is 6.39. The molecular weight excluding hydrogens is 621 g/mol. The van der Waals surface area contributed by atoms with Crippen molar-refractivity contribution < 1.29 is 22.4 Å². The molecule has 7 nitrogen and oxygen atoms in total. The molecule has 1 saturated carbocycles. The number of benzene rings is 3. The molecule has 4 rings (SSSR count). The number of sulfonamides is 1. The van der Waals surface area contributed by atoms with Crippen LogP contribution in [-0.4, -0.2) is 50.0 Å². The highest BCUT2D eigenvalue weighted by Crippen LogP contribution is 2.26. The summed E-state index contributed by atoms with van der Waals surface area (Å²) in [5.74, 6) is -1.45. The summed E-state index contributed by atoms with van der Waals surface area (Å²) in [6, 6.07) is 19.5. The number of nitrogens with one attached hydrogen (secondary N) is 1. The fourth-order valence-electron chi connectivity index (χ4n) is 5.31. The first kappa shape index (κ1) is 31.7. The molecule has 1 atom stereocenters. The molecule has 0 aliphatic heterocycles. The highest BCUT2D eigenvalue weighted by Gasteiger charge is 2.34. The summed E-state index contributed by atoms with van der Waals surface area (Å²) in [6.45, 7) is 1.08. The molecule has 0 radical (unpaired) electrons. The van der Waals surface area contributed by atoms with Crippen molar-refractivity contribution in [1.29, 1.82) is 0 Å². The number of halogens is 2. The SMILES string of the molecule is Cc1cc(N(CC(=O)N(Cc2ccccc2F)[C@@H](Cc2ccccc2)C(=O)NC2CCCCC2)S(C)(=O)=O)ccc1Br. The second-order valence-electron chi connectivity index (χ2n) is 10.9. The molecular formula is C32H37BrFN3O4S. The summed E-state index contributed by atoms with van der Waals surface area (Å²) < 4.78 is 42.7. The summed E-state index contributed by atoms with van der Waals surface area (Å²) >= 11 is 3.43. The second-order valence-corrected chi connectivity index (χ2v) is 13.6. The summed E-state index contributed by atoms with van der Waals surface area (Å²) in [5, 5.41) is 3.14. The van der Waals surface area contributed by atoms with Crippen LogP contribution in [0.4, 0.5) is 10.1 Å². The van der Waals surface area contributed by atoms with Crippen LogP contribution in [0.2, 0.25) is 0 Å². The van der Waals surface area contributed by atoms with Crippen molar-refractivity contribution in [1.82, 2.24) is 10.2 Å². The first-order valence-electron chi connectivity index (χ1n) is 14.1. The van der Waals surface area contributed by atoms with Gasteiger partial charge in [0.1, 0.15) is 18.4 Å². The monoisotopic (exact) mass is 657 g/mol. The molecule has 10 heteroatoms. The number of amides is 2. The smallest absolute Gasteiger partial charge is 0.244 e. The van der Waals surface area contributed by atoms with Gasteiger partial charge in [-0.3, -0.25) is 13.9 Å². The quantitative estimate of drug-likeness (QED) is 0.284. The molecule has 1 aliphatic carbocycles. The normalized spacial score (nSPS) is 14.7. The van der Waals surface area contributed by atoms with Gasteiger partial charge in [0.15, 0.2) is 0 Å². The number of carbonyl (C=O) groups excluding carboxylic acids is 2. The Balaban J connectivity index is 1.74. The molecule has 42 heavy (non-hydrogen) atoms. The zero-order valence-corrected chi connectivity index (χ0v) is 26.3. The Morgan fingerprint density at radius 1 is 1.00 bits per heavy atom. The molecule has 0 spiro atoms. The third-order valence-electron chi connectivity index (χ3n) is 7.63. The van der Waals surface area contributed by atoms with Gasteiger partial charge in [-0.25, -0.2) is 12.8 Å². The van der Waals surface area contributed by atoms with E-state index in [0.717, 1.165) is 58.3 Å². The summed E-state index contributed by atoms with van der Waals surface area (Å²) in [4.78, 5) is 29.4. The Labute approximate surface area is 256 Å². The maximum Gasteiger partial charge on any atom is 0.244 e. The minimum Gasteiger partial charge on any atom is -0.352 e. The number of carbonyl (C=O) groups is 2. The second kappa shape index (κ2) is 14.3. The van der Waals surface area contributed by atoms with Gasteiger partial charge in [-0.1, -0.05) is 83.7 Å². The maximum absolute atomic E-state index is 14.9. The van der Waals surface area contributed by atoms with Crippen molar-refractivity contribution >= 4 is 43.5 Å². The highest BCUT2D eigenvalue weighted by atomic mass is 79.9. The average Bonchev–Trinajstić information content (AvgIpc) is 2.96. The van der Waals surface area contributed by atoms with Crippen LogP contribution in [0.25, 0.3) is 0 Å². The summed E-state index contributed by atoms with van der Waals surface area (Å²) in [6.07, 6.45) is 6.09. The number of hydrogen-bond donors (Lipinski definition) is 1. The summed E-state index contributed by atoms with van der Waals surface area (Å²) in [7, 11) is -3.89. The zero-order valence-electron chi connectivity index (χ0n) is 23.9. The molecule has 2 amide bonds. The van der Waals surface area contributed by atoms with E-state index in [9.17, 15) is 22.4 Å². The third kappa shape index (κ3) is 8.41. The Bertz CT molecular complexity index is 1500. The van der Waals surface area contributed by atoms with Crippen LogP contribution in [0, 0.1) is 12.7 Å². The van der Waals surface area contributed by atoms with E-state index in [4.69, 9.17) is 0 Å². The Hall–Kier alpha value is -3.24. The van der Waals surface area contributed by atoms with Gasteiger partial charge in [-0.2, -0.15) is 0 Å². The molecule has 3 aromatic carbocycles. The van der Waals surface area contributed by atoms with Crippen molar-refractivity contribution in [2.75, 3.05) is 17.1 Å². The highest BCUT2D eigenvalue weighted by molar-refractivity contribution is 9.10. The Morgan fingerprint density at radius 3 is 2.31 bits per heavy atom. The molecule has 0 bridgehead atoms. The lowest BCUT2D eigenvalue weighted by atomic mass is 9.94. The van der Waals surface area contributed by atoms with E-state index in [1.54, 1.807) is 36.4 Å². The van der Waals surface area contributed by atoms with E-state index in [1.807, 2.05) is 37.3 Å². The van der Waals surface area contributed by atoms with E-state index in [0.29, 0.717) is 5.69 Å². The lowest BCUT2D eigenvalue weighted by Crippen LogP contribution is -2.55. The number of anilines is 1. The van der Waals surface area contributed by atoms with Gasteiger partial charge in [0.25, 0.3) is 0 Å². The first-order valence-corrected chi connectivity index (χ1v) is 16.8. The van der Waals surface area contributed by atoms with Crippen LogP contribution >= 0.6 is 15.9 Å². The summed E-state index contributed by atoms with van der Waals surface area (Å²) in [5.41, 5.74) is 2.19. The molecule has 0 saturated heterocycles. The molecule has 224 valence electrons. The van der Waals surface area contributed by atoms with E-state index >= 15 is 0 Å². The van der Waals surface area contributed by atoms with E-state index in [1.165, 1.54) is 11.0 Å². The van der Waals surface area contributed by atoms with Crippen molar-refractivity contribution in [2.45, 2.75) is 64.1 Å². The fraction of sp³-hybridized carbons (Fsp3) is 0.375. The van der Waals surface area contributed by atoms with Gasteiger partial charge < -0.3 is 10.2 Å². The molecule has 1 fully saturated rings. The van der Waals surface area contributed by atoms with E-state index < -0.39 is 34.3 Å². The van der Waals surface area contributed by atoms with Crippen molar-refractivity contribution in [3.8, 4) is 0 Å². The minimum absolute atomic E-state index is 0.00630. The standard InChI is InChI=1S/C32H37BrFN3O4S/c1-23-19-27(17-18-28(23)33)37(42(2,40)41)22-31(38)36(21-25-13-9-10-16-29(25)34)30(20-24-11-5-3-6-12-24)32(39)35-26-14-7-4-8-15-26/h3,5-6,9-13,16-19,26,30H,4,7-8,14-15,20-22H2,1-2H3,(H,35,39)/t30-/m0/s1. The topological polar surface area (TPSA) is 86.8 Å². The number of aryl methyl sites for hydroxylation is 1. The minimum atomic E-state index is -3.89. The van der Waals surface area contributed by atoms with E-state index in [2.05, 4.69) is 21.2 Å². The van der Waals surface area contributed by atoms with Crippen molar-refractivity contribution in [3.05, 3.63) is 99.8 Å². The van der Waals surface area contributed by atoms with Crippen LogP contribution in [0.1, 0.15) is 48.8 Å². The Kier molecular flexibility index (Phi) is 10.8. The largest absolute Gasteiger partial charge is 0.352 e. The van der Waals surface area contributed by atoms with Crippen molar-refractivity contribution in [3.63, 3.8) is 0 Å². The predicted octanol–water partition coefficient (Wildman–Crippen LogP) is 5.75. The molecule has 1 N–H and O–H groups in total. The van der Waals surface area contributed by atoms with Gasteiger partial charge in [0.2, 0.25) is 21.8 Å². The zero-order chi connectivity index (χ0) is 30.3. The molecule has 0 heterocycles. The van der Waals surface area contributed by atoms with Crippen molar-refractivity contribution in [2.24, 2.45) is 0 Å². The van der Waals surface area contributed by atoms with Gasteiger partial charge >= 0.3 is 0 Å². The Morgan fingerprint density at radius 2 is 1.67 bits per heavy atom. The first-order chi connectivity index (χ1) is 20.0. The van der Waals surface area contributed by atoms with E-state index in [-0.39, 0.29) is 30.5 Å². The predicted molar refractivity (Wildman–Crippen MR) is 167 cm³/mol. The molecule has 3 aromatic rings. The van der Waals surface area contributed by atoms with Crippen LogP contribution < -0.4 is 9.62 Å². The lowest BCUT2D eigenvalue weighted by Gasteiger charge is -2.35. The lowest BCUT2D eigenvalue weighted by molar-refractivity contribution is -0.140. The van der Waals surface area contributed by atoms with Crippen LogP contribution in [0.15, 0.2) is 77.3 Å². The van der Waals surface area contributed by atoms with Gasteiger partial charge in [-0.15, -0.1) is 0 Å². The molecule has 0 unspecified atom stereocenters. The number of hydrogen-bond acceptors (Lipinski definition) is 4. The third-order valence-corrected chi connectivity index (χ3v) is 9.66. The van der Waals surface area contributed by atoms with Gasteiger partial charge in [0, 0.05) is 29.0 Å². The van der Waals surface area contributed by atoms with Gasteiger partial charge in [-0.05, 0) is 55.2 Å². The van der Waals surface area contributed by atoms with Gasteiger partial charge in [0.05, 0.1) is 11.9 Å². The maximum atomic E-state index is 14.9. The van der Waals surface area contributed by atoms with Crippen LogP contribution in [-0.2, 0) is 32.6 Å². The van der Waals surface area contributed by atoms with Crippen LogP contribution in [0.3, 0.4) is 0 Å². The number of rotatable bonds is 11. The van der Waals surface area contributed by atoms with Crippen LogP contribution in [0.5, 0.6) is 0 Å². The molecule has 1 aliphatic rings. The average molecular weight is 659 g/mol.